The fourth-order valence-corrected chi connectivity index (χ4v) is 3.38. The molecule has 2 N–H and O–H groups in total. The van der Waals surface area contributed by atoms with Gasteiger partial charge in [0.15, 0.2) is 0 Å². The second kappa shape index (κ2) is 7.26. The van der Waals surface area contributed by atoms with Crippen molar-refractivity contribution in [2.24, 2.45) is 10.7 Å². The molecule has 0 spiro atoms. The Hall–Kier alpha value is -2.35. The second-order valence-electron chi connectivity index (χ2n) is 7.45. The van der Waals surface area contributed by atoms with Crippen LogP contribution in [0.5, 0.6) is 0 Å². The van der Waals surface area contributed by atoms with Crippen molar-refractivity contribution in [2.75, 3.05) is 0 Å². The van der Waals surface area contributed by atoms with E-state index in [4.69, 9.17) is 10.7 Å². The van der Waals surface area contributed by atoms with Crippen LogP contribution in [0.1, 0.15) is 74.1 Å². The minimum absolute atomic E-state index is 0.412. The van der Waals surface area contributed by atoms with Crippen LogP contribution in [0.2, 0.25) is 0 Å². The Bertz CT molecular complexity index is 786. The van der Waals surface area contributed by atoms with Gasteiger partial charge in [-0.1, -0.05) is 82.3 Å². The van der Waals surface area contributed by atoms with E-state index in [1.165, 1.54) is 16.7 Å². The molecule has 2 heteroatoms. The van der Waals surface area contributed by atoms with E-state index in [0.29, 0.717) is 23.6 Å². The summed E-state index contributed by atoms with van der Waals surface area (Å²) in [4.78, 5) is 4.94. The Kier molecular flexibility index (Phi) is 5.08. The molecule has 3 rings (SSSR count). The largest absolute Gasteiger partial charge is 0.383 e. The van der Waals surface area contributed by atoms with Gasteiger partial charge in [0.05, 0.1) is 5.69 Å². The first-order valence-electron chi connectivity index (χ1n) is 9.22. The van der Waals surface area contributed by atoms with Gasteiger partial charge in [0.2, 0.25) is 0 Å². The highest BCUT2D eigenvalue weighted by Crippen LogP contribution is 2.36. The number of benzene rings is 2. The Balaban J connectivity index is 2.11. The third-order valence-corrected chi connectivity index (χ3v) is 4.97. The number of hydrogen-bond donors (Lipinski definition) is 1. The highest BCUT2D eigenvalue weighted by molar-refractivity contribution is 6.01. The van der Waals surface area contributed by atoms with E-state index in [-0.39, 0.29) is 0 Å². The maximum Gasteiger partial charge on any atom is 0.131 e. The van der Waals surface area contributed by atoms with Gasteiger partial charge in [-0.3, -0.25) is 0 Å². The fraction of sp³-hybridized carbons (Fsp3) is 0.348. The highest BCUT2D eigenvalue weighted by atomic mass is 14.9. The molecule has 0 saturated carbocycles. The van der Waals surface area contributed by atoms with Gasteiger partial charge in [0.25, 0.3) is 0 Å². The van der Waals surface area contributed by atoms with Crippen LogP contribution in [0.3, 0.4) is 0 Å². The summed E-state index contributed by atoms with van der Waals surface area (Å²) in [6, 6.07) is 14.9. The van der Waals surface area contributed by atoms with E-state index in [1.807, 2.05) is 6.07 Å². The quantitative estimate of drug-likeness (QED) is 0.406. The average Bonchev–Trinajstić information content (AvgIpc) is 2.53. The predicted octanol–water partition coefficient (Wildman–Crippen LogP) is 6.01. The molecule has 0 fully saturated rings. The smallest absolute Gasteiger partial charge is 0.131 e. The first kappa shape index (κ1) is 17.5. The van der Waals surface area contributed by atoms with Crippen molar-refractivity contribution in [3.8, 4) is 0 Å². The van der Waals surface area contributed by atoms with E-state index in [0.717, 1.165) is 17.7 Å². The number of nitrogens with two attached hydrogens (primary N) is 1. The molecular weight excluding hydrogens is 304 g/mol. The lowest BCUT2D eigenvalue weighted by atomic mass is 9.85. The fourth-order valence-electron chi connectivity index (χ4n) is 3.38. The van der Waals surface area contributed by atoms with Gasteiger partial charge in [-0.05, 0) is 34.9 Å². The maximum atomic E-state index is 6.51. The van der Waals surface area contributed by atoms with Crippen LogP contribution in [0.4, 0.5) is 5.69 Å². The number of allylic oxidation sites excluding steroid dienone is 2. The van der Waals surface area contributed by atoms with Crippen LogP contribution in [-0.2, 0) is 0 Å². The summed E-state index contributed by atoms with van der Waals surface area (Å²) in [5.41, 5.74) is 12.4. The molecule has 0 aromatic heterocycles. The molecule has 0 amide bonds. The zero-order chi connectivity index (χ0) is 18.0. The minimum atomic E-state index is 0.412. The third kappa shape index (κ3) is 3.53. The zero-order valence-electron chi connectivity index (χ0n) is 15.7. The first-order valence-corrected chi connectivity index (χ1v) is 9.22. The van der Waals surface area contributed by atoms with Crippen LogP contribution in [0.25, 0.3) is 0 Å². The highest BCUT2D eigenvalue weighted by Gasteiger charge is 2.19. The lowest BCUT2D eigenvalue weighted by molar-refractivity contribution is 0.791. The molecule has 1 unspecified atom stereocenters. The van der Waals surface area contributed by atoms with Gasteiger partial charge < -0.3 is 5.73 Å². The SMILES string of the molecule is CC(C)c1cccc(C(C)C)c1N=C(N)c1ccccc1C1C=CC1. The monoisotopic (exact) mass is 332 g/mol. The van der Waals surface area contributed by atoms with E-state index < -0.39 is 0 Å². The molecule has 0 aliphatic heterocycles. The van der Waals surface area contributed by atoms with Crippen molar-refractivity contribution in [3.63, 3.8) is 0 Å². The van der Waals surface area contributed by atoms with Crippen molar-refractivity contribution in [2.45, 2.75) is 51.9 Å². The first-order chi connectivity index (χ1) is 12.0. The maximum absolute atomic E-state index is 6.51. The number of aliphatic imine (C=N–C) groups is 1. The van der Waals surface area contributed by atoms with Crippen LogP contribution in [0, 0.1) is 0 Å². The summed E-state index contributed by atoms with van der Waals surface area (Å²) in [5, 5.41) is 0. The molecule has 1 atom stereocenters. The second-order valence-corrected chi connectivity index (χ2v) is 7.45. The van der Waals surface area contributed by atoms with Crippen molar-refractivity contribution in [3.05, 3.63) is 76.9 Å². The summed E-state index contributed by atoms with van der Waals surface area (Å²) < 4.78 is 0. The summed E-state index contributed by atoms with van der Waals surface area (Å²) in [5.74, 6) is 1.91. The predicted molar refractivity (Wildman–Crippen MR) is 108 cm³/mol. The summed E-state index contributed by atoms with van der Waals surface area (Å²) >= 11 is 0. The zero-order valence-corrected chi connectivity index (χ0v) is 15.7. The number of nitrogens with zero attached hydrogens (tertiary/aromatic N) is 1. The molecule has 0 heterocycles. The van der Waals surface area contributed by atoms with Gasteiger partial charge >= 0.3 is 0 Å². The number of amidine groups is 1. The van der Waals surface area contributed by atoms with Crippen LogP contribution < -0.4 is 5.73 Å². The summed E-state index contributed by atoms with van der Waals surface area (Å²) in [6.45, 7) is 8.84. The van der Waals surface area contributed by atoms with Crippen molar-refractivity contribution in [1.82, 2.24) is 0 Å². The number of para-hydroxylation sites is 1. The Morgan fingerprint density at radius 3 is 2.08 bits per heavy atom. The molecule has 1 aliphatic rings. The molecule has 1 aliphatic carbocycles. The standard InChI is InChI=1S/C23H28N2/c1-15(2)18-13-8-14-19(16(3)4)22(18)25-23(24)21-12-6-5-11-20(21)17-9-7-10-17/h5-9,11-17H,10H2,1-4H3,(H2,24,25). The average molecular weight is 332 g/mol. The van der Waals surface area contributed by atoms with E-state index in [9.17, 15) is 0 Å². The van der Waals surface area contributed by atoms with Gasteiger partial charge in [-0.2, -0.15) is 0 Å². The summed E-state index contributed by atoms with van der Waals surface area (Å²) in [6.07, 6.45) is 5.54. The van der Waals surface area contributed by atoms with E-state index in [2.05, 4.69) is 76.2 Å². The van der Waals surface area contributed by atoms with Gasteiger partial charge in [0.1, 0.15) is 5.84 Å². The van der Waals surface area contributed by atoms with Crippen molar-refractivity contribution >= 4 is 11.5 Å². The number of hydrogen-bond acceptors (Lipinski definition) is 1. The molecule has 0 saturated heterocycles. The normalized spacial score (nSPS) is 17.2. The lowest BCUT2D eigenvalue weighted by Crippen LogP contribution is -2.18. The molecule has 0 bridgehead atoms. The van der Waals surface area contributed by atoms with Crippen molar-refractivity contribution < 1.29 is 0 Å². The van der Waals surface area contributed by atoms with E-state index in [1.54, 1.807) is 0 Å². The van der Waals surface area contributed by atoms with Crippen LogP contribution in [0.15, 0.2) is 59.6 Å². The Morgan fingerprint density at radius 2 is 1.56 bits per heavy atom. The topological polar surface area (TPSA) is 38.4 Å². The molecule has 0 radical (unpaired) electrons. The Morgan fingerprint density at radius 1 is 0.960 bits per heavy atom. The molecule has 130 valence electrons. The van der Waals surface area contributed by atoms with Gasteiger partial charge in [0, 0.05) is 11.5 Å². The van der Waals surface area contributed by atoms with Crippen LogP contribution >= 0.6 is 0 Å². The Labute approximate surface area is 151 Å². The molecule has 25 heavy (non-hydrogen) atoms. The van der Waals surface area contributed by atoms with Gasteiger partial charge in [-0.25, -0.2) is 4.99 Å². The number of rotatable bonds is 5. The lowest BCUT2D eigenvalue weighted by Gasteiger charge is -2.22. The third-order valence-electron chi connectivity index (χ3n) is 4.97. The molecular formula is C23H28N2. The molecule has 2 aromatic carbocycles. The van der Waals surface area contributed by atoms with E-state index >= 15 is 0 Å². The van der Waals surface area contributed by atoms with Gasteiger partial charge in [-0.15, -0.1) is 0 Å². The van der Waals surface area contributed by atoms with Crippen molar-refractivity contribution in [1.29, 1.82) is 0 Å². The van der Waals surface area contributed by atoms with Crippen LogP contribution in [-0.4, -0.2) is 5.84 Å². The molecule has 2 nitrogen and oxygen atoms in total. The summed E-state index contributed by atoms with van der Waals surface area (Å²) in [7, 11) is 0. The minimum Gasteiger partial charge on any atom is -0.383 e. The molecule has 2 aromatic rings.